The third-order valence-electron chi connectivity index (χ3n) is 8.81. The standard InChI is InChI=1S/C32H29F5N6O4S/c1-4-26(44)41-10-11-42(17(2)16-41)29-21-13-24(34)27(20-9-8-19(33)12-23(20)32(35,36)37)39-30(21)43(31(45)40-29)28-22(18-6-5-7-18)14-38-15-25(28)48(3,46)47/h4,8-9,12-15,17-18H,1,5-7,10-11,16H2,2-3H3/t17-/m0/s1. The van der Waals surface area contributed by atoms with Gasteiger partial charge in [-0.15, -0.1) is 0 Å². The zero-order valence-corrected chi connectivity index (χ0v) is 26.6. The van der Waals surface area contributed by atoms with Crippen LogP contribution >= 0.6 is 0 Å². The average molecular weight is 689 g/mol. The first kappa shape index (κ1) is 33.2. The van der Waals surface area contributed by atoms with Crippen LogP contribution < -0.4 is 10.6 Å². The molecule has 1 amide bonds. The monoisotopic (exact) mass is 688 g/mol. The van der Waals surface area contributed by atoms with Crippen LogP contribution in [-0.4, -0.2) is 70.7 Å². The molecule has 252 valence electrons. The zero-order valence-electron chi connectivity index (χ0n) is 25.8. The largest absolute Gasteiger partial charge is 0.417 e. The first-order valence-corrected chi connectivity index (χ1v) is 16.9. The first-order valence-electron chi connectivity index (χ1n) is 15.0. The van der Waals surface area contributed by atoms with E-state index in [9.17, 15) is 35.6 Å². The summed E-state index contributed by atoms with van der Waals surface area (Å²) in [6.45, 7) is 5.76. The number of anilines is 1. The highest BCUT2D eigenvalue weighted by Crippen LogP contribution is 2.43. The minimum atomic E-state index is -5.10. The summed E-state index contributed by atoms with van der Waals surface area (Å²) in [5.74, 6) is -3.00. The molecule has 1 aliphatic heterocycles. The Morgan fingerprint density at radius 2 is 1.81 bits per heavy atom. The number of sulfone groups is 1. The van der Waals surface area contributed by atoms with Crippen molar-refractivity contribution in [2.45, 2.75) is 49.2 Å². The minimum absolute atomic E-state index is 0.0577. The van der Waals surface area contributed by atoms with Crippen molar-refractivity contribution < 1.29 is 35.2 Å². The number of aromatic nitrogens is 4. The second kappa shape index (κ2) is 12.1. The molecular weight excluding hydrogens is 659 g/mol. The van der Waals surface area contributed by atoms with Crippen molar-refractivity contribution in [2.75, 3.05) is 30.8 Å². The van der Waals surface area contributed by atoms with Gasteiger partial charge in [0.25, 0.3) is 0 Å². The predicted molar refractivity (Wildman–Crippen MR) is 167 cm³/mol. The number of rotatable bonds is 6. The highest BCUT2D eigenvalue weighted by molar-refractivity contribution is 7.90. The SMILES string of the molecule is C=CC(=O)N1CCN(c2nc(=O)n(-c3c(C4CCC4)cncc3S(C)(=O)=O)c3nc(-c4ccc(F)cc4C(F)(F)F)c(F)cc23)[C@@H](C)C1. The molecule has 3 aromatic heterocycles. The number of carbonyl (C=O) groups is 1. The number of halogens is 5. The third kappa shape index (κ3) is 5.82. The molecule has 48 heavy (non-hydrogen) atoms. The number of hydrogen-bond acceptors (Lipinski definition) is 8. The summed E-state index contributed by atoms with van der Waals surface area (Å²) in [7, 11) is -4.06. The molecule has 16 heteroatoms. The van der Waals surface area contributed by atoms with Crippen LogP contribution in [0.2, 0.25) is 0 Å². The van der Waals surface area contributed by atoms with E-state index < -0.39 is 56.2 Å². The van der Waals surface area contributed by atoms with Crippen LogP contribution in [0.15, 0.2) is 59.0 Å². The maximum atomic E-state index is 16.1. The van der Waals surface area contributed by atoms with E-state index >= 15 is 4.39 Å². The second-order valence-corrected chi connectivity index (χ2v) is 13.9. The van der Waals surface area contributed by atoms with E-state index in [1.54, 1.807) is 11.8 Å². The van der Waals surface area contributed by atoms with Gasteiger partial charge in [-0.3, -0.25) is 9.78 Å². The smallest absolute Gasteiger partial charge is 0.350 e. The molecule has 1 saturated heterocycles. The number of piperazine rings is 1. The summed E-state index contributed by atoms with van der Waals surface area (Å²) in [5, 5.41) is -0.0994. The van der Waals surface area contributed by atoms with Gasteiger partial charge in [-0.2, -0.15) is 18.2 Å². The number of alkyl halides is 3. The lowest BCUT2D eigenvalue weighted by atomic mass is 9.80. The van der Waals surface area contributed by atoms with E-state index in [-0.39, 0.29) is 65.0 Å². The molecule has 4 heterocycles. The Balaban J connectivity index is 1.70. The van der Waals surface area contributed by atoms with Crippen molar-refractivity contribution >= 4 is 32.6 Å². The van der Waals surface area contributed by atoms with Gasteiger partial charge in [0, 0.05) is 49.9 Å². The number of benzene rings is 1. The number of pyridine rings is 2. The molecular formula is C32H29F5N6O4S. The fourth-order valence-electron chi connectivity index (χ4n) is 6.25. The Kier molecular flexibility index (Phi) is 8.34. The summed E-state index contributed by atoms with van der Waals surface area (Å²) in [6, 6.07) is 2.11. The van der Waals surface area contributed by atoms with Crippen LogP contribution in [-0.2, 0) is 20.8 Å². The molecule has 0 unspecified atom stereocenters. The Hall–Kier alpha value is -4.73. The van der Waals surface area contributed by atoms with Crippen LogP contribution in [0.1, 0.15) is 43.2 Å². The van der Waals surface area contributed by atoms with Crippen molar-refractivity contribution in [3.63, 3.8) is 0 Å². The Morgan fingerprint density at radius 1 is 1.08 bits per heavy atom. The van der Waals surface area contributed by atoms with E-state index in [4.69, 9.17) is 0 Å². The van der Waals surface area contributed by atoms with E-state index in [0.717, 1.165) is 47.7 Å². The van der Waals surface area contributed by atoms with Gasteiger partial charge in [0.15, 0.2) is 15.5 Å². The van der Waals surface area contributed by atoms with Gasteiger partial charge in [0.05, 0.1) is 16.6 Å². The lowest BCUT2D eigenvalue weighted by molar-refractivity contribution is -0.137. The summed E-state index contributed by atoms with van der Waals surface area (Å²) in [4.78, 5) is 42.0. The fraction of sp³-hybridized carbons (Fsp3) is 0.344. The molecule has 4 aromatic rings. The molecule has 6 rings (SSSR count). The number of nitrogens with zero attached hydrogens (tertiary/aromatic N) is 6. The Morgan fingerprint density at radius 3 is 2.42 bits per heavy atom. The van der Waals surface area contributed by atoms with Gasteiger partial charge >= 0.3 is 11.9 Å². The maximum Gasteiger partial charge on any atom is 0.417 e. The third-order valence-corrected chi connectivity index (χ3v) is 9.91. The molecule has 10 nitrogen and oxygen atoms in total. The topological polar surface area (TPSA) is 118 Å². The van der Waals surface area contributed by atoms with Crippen LogP contribution in [0.3, 0.4) is 0 Å². The summed E-state index contributed by atoms with van der Waals surface area (Å²) in [5.41, 5.74) is -4.25. The number of hydrogen-bond donors (Lipinski definition) is 0. The van der Waals surface area contributed by atoms with Crippen LogP contribution in [0, 0.1) is 11.6 Å². The van der Waals surface area contributed by atoms with Crippen molar-refractivity contribution in [3.8, 4) is 16.9 Å². The lowest BCUT2D eigenvalue weighted by Gasteiger charge is -2.40. The van der Waals surface area contributed by atoms with Gasteiger partial charge in [0.1, 0.15) is 28.0 Å². The minimum Gasteiger partial charge on any atom is -0.350 e. The lowest BCUT2D eigenvalue weighted by Crippen LogP contribution is -2.54. The maximum absolute atomic E-state index is 16.1. The molecule has 1 aliphatic carbocycles. The molecule has 1 aromatic carbocycles. The number of amides is 1. The fourth-order valence-corrected chi connectivity index (χ4v) is 7.07. The van der Waals surface area contributed by atoms with Crippen LogP contribution in [0.5, 0.6) is 0 Å². The van der Waals surface area contributed by atoms with Crippen molar-refractivity contribution in [1.29, 1.82) is 0 Å². The van der Waals surface area contributed by atoms with Gasteiger partial charge in [-0.05, 0) is 61.6 Å². The van der Waals surface area contributed by atoms with Crippen LogP contribution in [0.4, 0.5) is 27.8 Å². The number of carbonyl (C=O) groups excluding carboxylic acids is 1. The summed E-state index contributed by atoms with van der Waals surface area (Å²) < 4.78 is 99.5. The Labute approximate surface area is 271 Å². The summed E-state index contributed by atoms with van der Waals surface area (Å²) >= 11 is 0. The van der Waals surface area contributed by atoms with Gasteiger partial charge < -0.3 is 9.80 Å². The molecule has 0 radical (unpaired) electrons. The summed E-state index contributed by atoms with van der Waals surface area (Å²) in [6.07, 6.45) is 1.60. The highest BCUT2D eigenvalue weighted by atomic mass is 32.2. The van der Waals surface area contributed by atoms with E-state index in [0.29, 0.717) is 18.4 Å². The quantitative estimate of drug-likeness (QED) is 0.205. The van der Waals surface area contributed by atoms with Gasteiger partial charge in [0.2, 0.25) is 5.91 Å². The normalized spacial score (nSPS) is 17.4. The second-order valence-electron chi connectivity index (χ2n) is 11.9. The van der Waals surface area contributed by atoms with Crippen molar-refractivity contribution in [3.05, 3.63) is 82.6 Å². The average Bonchev–Trinajstić information content (AvgIpc) is 2.99. The molecule has 0 spiro atoms. The van der Waals surface area contributed by atoms with E-state index in [2.05, 4.69) is 21.5 Å². The van der Waals surface area contributed by atoms with Gasteiger partial charge in [-0.1, -0.05) is 13.0 Å². The predicted octanol–water partition coefficient (Wildman–Crippen LogP) is 5.03. The molecule has 2 aliphatic rings. The zero-order chi connectivity index (χ0) is 34.7. The van der Waals surface area contributed by atoms with Crippen molar-refractivity contribution in [1.82, 2.24) is 24.4 Å². The number of fused-ring (bicyclic) bond motifs is 1. The van der Waals surface area contributed by atoms with E-state index in [1.165, 1.54) is 11.1 Å². The molecule has 1 atom stereocenters. The molecule has 1 saturated carbocycles. The molecule has 0 N–H and O–H groups in total. The van der Waals surface area contributed by atoms with Crippen molar-refractivity contribution in [2.24, 2.45) is 0 Å². The Bertz CT molecular complexity index is 2150. The first-order chi connectivity index (χ1) is 22.6. The van der Waals surface area contributed by atoms with Gasteiger partial charge in [-0.25, -0.2) is 31.5 Å². The molecule has 2 fully saturated rings. The molecule has 0 bridgehead atoms. The highest BCUT2D eigenvalue weighted by Gasteiger charge is 2.37. The van der Waals surface area contributed by atoms with E-state index in [1.807, 2.05) is 0 Å². The van der Waals surface area contributed by atoms with Crippen LogP contribution in [0.25, 0.3) is 28.0 Å².